The van der Waals surface area contributed by atoms with Gasteiger partial charge in [-0.1, -0.05) is 66.7 Å². The molecule has 0 saturated carbocycles. The van der Waals surface area contributed by atoms with Gasteiger partial charge in [0.1, 0.15) is 18.9 Å². The average molecular weight is 413 g/mol. The number of carboxylic acid groups (broad SMARTS) is 1. The van der Waals surface area contributed by atoms with Crippen molar-refractivity contribution in [3.05, 3.63) is 101 Å². The van der Waals surface area contributed by atoms with Gasteiger partial charge in [0.05, 0.1) is 0 Å². The number of fused-ring (bicyclic) bond motifs is 1. The summed E-state index contributed by atoms with van der Waals surface area (Å²) in [6.45, 7) is -0.343. The van der Waals surface area contributed by atoms with Crippen molar-refractivity contribution in [1.82, 2.24) is 4.90 Å². The molecule has 0 aromatic heterocycles. The predicted octanol–water partition coefficient (Wildman–Crippen LogP) is 3.87. The van der Waals surface area contributed by atoms with Crippen molar-refractivity contribution in [2.75, 3.05) is 6.54 Å². The fourth-order valence-electron chi connectivity index (χ4n) is 3.44. The van der Waals surface area contributed by atoms with Crippen LogP contribution < -0.4 is 4.74 Å². The number of ether oxygens (including phenoxy) is 1. The molecule has 3 aromatic rings. The van der Waals surface area contributed by atoms with Gasteiger partial charge in [-0.25, -0.2) is 0 Å². The van der Waals surface area contributed by atoms with Gasteiger partial charge in [-0.05, 0) is 29.3 Å². The van der Waals surface area contributed by atoms with Crippen molar-refractivity contribution in [3.8, 4) is 5.75 Å². The summed E-state index contributed by atoms with van der Waals surface area (Å²) in [4.78, 5) is 37.7. The molecule has 4 rings (SSSR count). The molecule has 0 radical (unpaired) electrons. The number of nitrogens with zero attached hydrogens (tertiary/aromatic N) is 1. The van der Waals surface area contributed by atoms with Crippen LogP contribution in [0.3, 0.4) is 0 Å². The van der Waals surface area contributed by atoms with E-state index < -0.39 is 24.3 Å². The summed E-state index contributed by atoms with van der Waals surface area (Å²) in [7, 11) is 0. The van der Waals surface area contributed by atoms with Gasteiger partial charge in [0, 0.05) is 16.7 Å². The quantitative estimate of drug-likeness (QED) is 0.490. The number of hydrogen-bond acceptors (Lipinski definition) is 4. The van der Waals surface area contributed by atoms with Gasteiger partial charge >= 0.3 is 5.97 Å². The molecule has 3 aromatic carbocycles. The van der Waals surface area contributed by atoms with Crippen molar-refractivity contribution < 1.29 is 24.2 Å². The van der Waals surface area contributed by atoms with Crippen LogP contribution in [0.25, 0.3) is 11.6 Å². The molecule has 154 valence electrons. The first kappa shape index (κ1) is 20.1. The van der Waals surface area contributed by atoms with Crippen LogP contribution in [0.1, 0.15) is 27.0 Å². The Labute approximate surface area is 179 Å². The number of para-hydroxylation sites is 1. The van der Waals surface area contributed by atoms with E-state index in [1.54, 1.807) is 42.5 Å². The average Bonchev–Trinajstić information content (AvgIpc) is 2.79. The highest BCUT2D eigenvalue weighted by Crippen LogP contribution is 2.32. The maximum atomic E-state index is 13.1. The van der Waals surface area contributed by atoms with Crippen LogP contribution in [0.5, 0.6) is 5.75 Å². The fraction of sp³-hybridized carbons (Fsp3) is 0.0800. The normalized spacial score (nSPS) is 14.5. The molecule has 0 spiro atoms. The van der Waals surface area contributed by atoms with E-state index in [4.69, 9.17) is 9.84 Å². The van der Waals surface area contributed by atoms with Crippen molar-refractivity contribution in [2.24, 2.45) is 0 Å². The molecule has 0 saturated heterocycles. The summed E-state index contributed by atoms with van der Waals surface area (Å²) < 4.78 is 5.97. The van der Waals surface area contributed by atoms with E-state index in [2.05, 4.69) is 0 Å². The van der Waals surface area contributed by atoms with Gasteiger partial charge in [-0.2, -0.15) is 0 Å². The van der Waals surface area contributed by atoms with Crippen molar-refractivity contribution in [2.45, 2.75) is 6.61 Å². The van der Waals surface area contributed by atoms with Crippen molar-refractivity contribution in [1.29, 1.82) is 0 Å². The standard InChI is InChI=1S/C25H19NO5/c27-23(28)15-26-24(29)20-12-6-5-11-19(20)21(25(26)30)14-18-10-4-7-13-22(18)31-16-17-8-2-1-3-9-17/h1-14H,15-16H2,(H,27,28)/b21-14-. The van der Waals surface area contributed by atoms with Crippen molar-refractivity contribution >= 4 is 29.4 Å². The van der Waals surface area contributed by atoms with Crippen LogP contribution in [0.2, 0.25) is 0 Å². The molecule has 1 aliphatic heterocycles. The summed E-state index contributed by atoms with van der Waals surface area (Å²) in [6, 6.07) is 23.6. The van der Waals surface area contributed by atoms with E-state index in [1.165, 1.54) is 0 Å². The van der Waals surface area contributed by atoms with Crippen LogP contribution in [0, 0.1) is 0 Å². The van der Waals surface area contributed by atoms with Crippen LogP contribution in [-0.4, -0.2) is 34.3 Å². The van der Waals surface area contributed by atoms with Gasteiger partial charge < -0.3 is 9.84 Å². The first-order valence-corrected chi connectivity index (χ1v) is 9.69. The molecule has 0 bridgehead atoms. The zero-order valence-corrected chi connectivity index (χ0v) is 16.5. The van der Waals surface area contributed by atoms with E-state index in [0.717, 1.165) is 10.5 Å². The minimum Gasteiger partial charge on any atom is -0.488 e. The second-order valence-corrected chi connectivity index (χ2v) is 7.01. The third-order valence-electron chi connectivity index (χ3n) is 4.92. The Morgan fingerprint density at radius 1 is 0.839 bits per heavy atom. The topological polar surface area (TPSA) is 83.9 Å². The number of imide groups is 1. The highest BCUT2D eigenvalue weighted by atomic mass is 16.5. The van der Waals surface area contributed by atoms with Gasteiger partial charge in [0.25, 0.3) is 11.8 Å². The lowest BCUT2D eigenvalue weighted by atomic mass is 9.92. The van der Waals surface area contributed by atoms with Gasteiger partial charge in [-0.3, -0.25) is 19.3 Å². The molecule has 6 nitrogen and oxygen atoms in total. The molecule has 0 fully saturated rings. The molecular weight excluding hydrogens is 394 g/mol. The molecule has 2 amide bonds. The summed E-state index contributed by atoms with van der Waals surface area (Å²) in [5, 5.41) is 9.16. The smallest absolute Gasteiger partial charge is 0.323 e. The van der Waals surface area contributed by atoms with Crippen LogP contribution >= 0.6 is 0 Å². The van der Waals surface area contributed by atoms with Gasteiger partial charge in [0.2, 0.25) is 0 Å². The van der Waals surface area contributed by atoms with E-state index in [1.807, 2.05) is 42.5 Å². The van der Waals surface area contributed by atoms with Crippen LogP contribution in [0.15, 0.2) is 78.9 Å². The number of carbonyl (C=O) groups excluding carboxylic acids is 2. The Morgan fingerprint density at radius 2 is 1.48 bits per heavy atom. The number of carboxylic acids is 1. The highest BCUT2D eigenvalue weighted by Gasteiger charge is 2.35. The largest absolute Gasteiger partial charge is 0.488 e. The summed E-state index contributed by atoms with van der Waals surface area (Å²) in [5.41, 5.74) is 2.66. The van der Waals surface area contributed by atoms with E-state index in [0.29, 0.717) is 23.5 Å². The molecule has 0 unspecified atom stereocenters. The molecule has 1 heterocycles. The Bertz CT molecular complexity index is 1180. The SMILES string of the molecule is O=C(O)CN1C(=O)/C(=C\c2ccccc2OCc2ccccc2)c2ccccc2C1=O. The van der Waals surface area contributed by atoms with E-state index >= 15 is 0 Å². The molecule has 1 aliphatic rings. The molecular formula is C25H19NO5. The maximum absolute atomic E-state index is 13.1. The lowest BCUT2D eigenvalue weighted by molar-refractivity contribution is -0.141. The Kier molecular flexibility index (Phi) is 5.62. The lowest BCUT2D eigenvalue weighted by Crippen LogP contribution is -2.44. The summed E-state index contributed by atoms with van der Waals surface area (Å²) >= 11 is 0. The highest BCUT2D eigenvalue weighted by molar-refractivity contribution is 6.34. The lowest BCUT2D eigenvalue weighted by Gasteiger charge is -2.27. The predicted molar refractivity (Wildman–Crippen MR) is 115 cm³/mol. The van der Waals surface area contributed by atoms with Gasteiger partial charge in [-0.15, -0.1) is 0 Å². The molecule has 31 heavy (non-hydrogen) atoms. The monoisotopic (exact) mass is 413 g/mol. The summed E-state index contributed by atoms with van der Waals surface area (Å²) in [5.74, 6) is -1.95. The molecule has 0 atom stereocenters. The zero-order valence-electron chi connectivity index (χ0n) is 16.5. The van der Waals surface area contributed by atoms with Crippen LogP contribution in [0.4, 0.5) is 0 Å². The number of aliphatic carboxylic acids is 1. The minimum atomic E-state index is -1.26. The molecule has 1 N–H and O–H groups in total. The second kappa shape index (κ2) is 8.67. The number of rotatable bonds is 6. The number of carbonyl (C=O) groups is 3. The molecule has 0 aliphatic carbocycles. The molecule has 6 heteroatoms. The second-order valence-electron chi connectivity index (χ2n) is 7.01. The number of amides is 2. The van der Waals surface area contributed by atoms with Crippen LogP contribution in [-0.2, 0) is 16.2 Å². The number of hydrogen-bond donors (Lipinski definition) is 1. The zero-order chi connectivity index (χ0) is 21.8. The first-order chi connectivity index (χ1) is 15.0. The fourth-order valence-corrected chi connectivity index (χ4v) is 3.44. The van der Waals surface area contributed by atoms with E-state index in [9.17, 15) is 14.4 Å². The number of benzene rings is 3. The Balaban J connectivity index is 1.73. The van der Waals surface area contributed by atoms with E-state index in [-0.39, 0.29) is 11.1 Å². The van der Waals surface area contributed by atoms with Crippen molar-refractivity contribution in [3.63, 3.8) is 0 Å². The Hall–Kier alpha value is -4.19. The minimum absolute atomic E-state index is 0.243. The third-order valence-corrected chi connectivity index (χ3v) is 4.92. The summed E-state index contributed by atoms with van der Waals surface area (Å²) in [6.07, 6.45) is 1.64. The Morgan fingerprint density at radius 3 is 2.23 bits per heavy atom. The van der Waals surface area contributed by atoms with Gasteiger partial charge in [0.15, 0.2) is 0 Å². The maximum Gasteiger partial charge on any atom is 0.323 e. The third kappa shape index (κ3) is 4.23. The first-order valence-electron chi connectivity index (χ1n) is 9.69.